The van der Waals surface area contributed by atoms with E-state index in [1.165, 1.54) is 0 Å². The van der Waals surface area contributed by atoms with E-state index in [0.29, 0.717) is 10.6 Å². The lowest BCUT2D eigenvalue weighted by atomic mass is 10.0. The summed E-state index contributed by atoms with van der Waals surface area (Å²) >= 11 is 6.02. The lowest BCUT2D eigenvalue weighted by Gasteiger charge is -2.10. The van der Waals surface area contributed by atoms with Crippen molar-refractivity contribution < 1.29 is 4.79 Å². The van der Waals surface area contributed by atoms with Crippen LogP contribution in [0.2, 0.25) is 5.02 Å². The first-order chi connectivity index (χ1) is 10.8. The number of pyridine rings is 1. The van der Waals surface area contributed by atoms with E-state index in [1.54, 1.807) is 30.5 Å². The molecule has 4 nitrogen and oxygen atoms in total. The molecule has 1 aromatic carbocycles. The summed E-state index contributed by atoms with van der Waals surface area (Å²) in [5, 5.41) is 4.74. The third-order valence-corrected chi connectivity index (χ3v) is 4.12. The van der Waals surface area contributed by atoms with Gasteiger partial charge in [-0.2, -0.15) is 5.10 Å². The molecule has 22 heavy (non-hydrogen) atoms. The summed E-state index contributed by atoms with van der Waals surface area (Å²) in [5.74, 6) is -0.0995. The van der Waals surface area contributed by atoms with Crippen LogP contribution in [-0.4, -0.2) is 16.6 Å². The second-order valence-electron chi connectivity index (χ2n) is 5.22. The smallest absolute Gasteiger partial charge is 0.267 e. The topological polar surface area (TPSA) is 54.4 Å². The zero-order chi connectivity index (χ0) is 15.4. The van der Waals surface area contributed by atoms with Crippen molar-refractivity contribution in [1.82, 2.24) is 10.4 Å². The minimum absolute atomic E-state index is 0.188. The Morgan fingerprint density at radius 1 is 1.23 bits per heavy atom. The van der Waals surface area contributed by atoms with Crippen LogP contribution in [0, 0.1) is 0 Å². The highest BCUT2D eigenvalue weighted by Gasteiger charge is 2.25. The maximum Gasteiger partial charge on any atom is 0.272 e. The minimum Gasteiger partial charge on any atom is -0.267 e. The van der Waals surface area contributed by atoms with Gasteiger partial charge in [-0.25, -0.2) is 5.43 Å². The number of hydrogen-bond acceptors (Lipinski definition) is 3. The molecule has 1 aliphatic rings. The summed E-state index contributed by atoms with van der Waals surface area (Å²) in [5.41, 5.74) is 5.03. The predicted molar refractivity (Wildman–Crippen MR) is 87.2 cm³/mol. The third kappa shape index (κ3) is 3.17. The molecule has 0 bridgehead atoms. The van der Waals surface area contributed by atoms with E-state index in [0.717, 1.165) is 30.7 Å². The molecular weight excluding hydrogens is 298 g/mol. The van der Waals surface area contributed by atoms with Gasteiger partial charge in [-0.3, -0.25) is 9.78 Å². The van der Waals surface area contributed by atoms with Crippen LogP contribution in [-0.2, 0) is 0 Å². The van der Waals surface area contributed by atoms with Crippen molar-refractivity contribution in [2.45, 2.75) is 25.2 Å². The molecule has 1 heterocycles. The van der Waals surface area contributed by atoms with Crippen molar-refractivity contribution in [3.05, 3.63) is 64.9 Å². The quantitative estimate of drug-likeness (QED) is 0.877. The molecule has 0 saturated heterocycles. The fourth-order valence-electron chi connectivity index (χ4n) is 2.69. The highest BCUT2D eigenvalue weighted by molar-refractivity contribution is 6.33. The molecule has 0 radical (unpaired) electrons. The van der Waals surface area contributed by atoms with Crippen molar-refractivity contribution in [1.29, 1.82) is 0 Å². The maximum atomic E-state index is 12.1. The van der Waals surface area contributed by atoms with Crippen LogP contribution < -0.4 is 5.43 Å². The number of aromatic nitrogens is 1. The number of benzene rings is 1. The Labute approximate surface area is 134 Å². The average molecular weight is 314 g/mol. The number of carbonyl (C=O) groups is 1. The van der Waals surface area contributed by atoms with Gasteiger partial charge in [-0.1, -0.05) is 29.8 Å². The number of halogens is 1. The van der Waals surface area contributed by atoms with Crippen molar-refractivity contribution >= 4 is 23.2 Å². The van der Waals surface area contributed by atoms with E-state index < -0.39 is 0 Å². The molecule has 1 amide bonds. The Hall–Kier alpha value is -2.20. The van der Waals surface area contributed by atoms with E-state index >= 15 is 0 Å². The number of hydrogen-bond donors (Lipinski definition) is 1. The molecule has 2 aromatic rings. The van der Waals surface area contributed by atoms with Gasteiger partial charge in [0.05, 0.1) is 10.6 Å². The standard InChI is InChI=1S/C17H16ClN3O/c18-14-8-2-1-6-12(14)17(22)21-20-16-10-5-7-13(16)15-9-3-4-11-19-15/h1-4,6,8-9,11,13H,5,7,10H2,(H,21,22). The van der Waals surface area contributed by atoms with Gasteiger partial charge in [0, 0.05) is 23.5 Å². The molecular formula is C17H16ClN3O. The van der Waals surface area contributed by atoms with E-state index in [2.05, 4.69) is 15.5 Å². The Balaban J connectivity index is 1.75. The summed E-state index contributed by atoms with van der Waals surface area (Å²) in [6, 6.07) is 12.8. The van der Waals surface area contributed by atoms with E-state index in [1.807, 2.05) is 18.2 Å². The summed E-state index contributed by atoms with van der Waals surface area (Å²) in [4.78, 5) is 16.5. The largest absolute Gasteiger partial charge is 0.272 e. The molecule has 112 valence electrons. The van der Waals surface area contributed by atoms with Crippen LogP contribution in [0.25, 0.3) is 0 Å². The molecule has 1 saturated carbocycles. The molecule has 1 unspecified atom stereocenters. The average Bonchev–Trinajstić information content (AvgIpc) is 3.02. The maximum absolute atomic E-state index is 12.1. The first kappa shape index (κ1) is 14.7. The normalized spacial score (nSPS) is 19.3. The number of hydrazone groups is 1. The molecule has 1 aliphatic carbocycles. The SMILES string of the molecule is O=C(NN=C1CCCC1c1ccccn1)c1ccccc1Cl. The number of nitrogens with one attached hydrogen (secondary N) is 1. The Kier molecular flexibility index (Phi) is 4.49. The fourth-order valence-corrected chi connectivity index (χ4v) is 2.91. The Morgan fingerprint density at radius 2 is 2.05 bits per heavy atom. The first-order valence-corrected chi connectivity index (χ1v) is 7.66. The molecule has 1 fully saturated rings. The predicted octanol–water partition coefficient (Wildman–Crippen LogP) is 3.79. The van der Waals surface area contributed by atoms with E-state index in [9.17, 15) is 4.79 Å². The van der Waals surface area contributed by atoms with Gasteiger partial charge >= 0.3 is 0 Å². The first-order valence-electron chi connectivity index (χ1n) is 7.28. The summed E-state index contributed by atoms with van der Waals surface area (Å²) < 4.78 is 0. The van der Waals surface area contributed by atoms with Crippen LogP contribution in [0.15, 0.2) is 53.8 Å². The van der Waals surface area contributed by atoms with Crippen LogP contribution in [0.3, 0.4) is 0 Å². The van der Waals surface area contributed by atoms with Gasteiger partial charge in [0.25, 0.3) is 5.91 Å². The number of rotatable bonds is 3. The number of amides is 1. The molecule has 3 rings (SSSR count). The highest BCUT2D eigenvalue weighted by atomic mass is 35.5. The minimum atomic E-state index is -0.287. The summed E-state index contributed by atoms with van der Waals surface area (Å²) in [6.07, 6.45) is 4.73. The van der Waals surface area contributed by atoms with E-state index in [4.69, 9.17) is 11.6 Å². The second kappa shape index (κ2) is 6.71. The number of carbonyl (C=O) groups excluding carboxylic acids is 1. The van der Waals surface area contributed by atoms with E-state index in [-0.39, 0.29) is 11.8 Å². The van der Waals surface area contributed by atoms with Gasteiger partial charge < -0.3 is 0 Å². The zero-order valence-corrected chi connectivity index (χ0v) is 12.8. The lowest BCUT2D eigenvalue weighted by molar-refractivity contribution is 0.0955. The molecule has 1 aromatic heterocycles. The van der Waals surface area contributed by atoms with Gasteiger partial charge in [0.1, 0.15) is 0 Å². The second-order valence-corrected chi connectivity index (χ2v) is 5.63. The van der Waals surface area contributed by atoms with Crippen LogP contribution in [0.1, 0.15) is 41.2 Å². The van der Waals surface area contributed by atoms with Crippen LogP contribution in [0.4, 0.5) is 0 Å². The Morgan fingerprint density at radius 3 is 2.82 bits per heavy atom. The molecule has 5 heteroatoms. The van der Waals surface area contributed by atoms with Crippen LogP contribution in [0.5, 0.6) is 0 Å². The lowest BCUT2D eigenvalue weighted by Crippen LogP contribution is -2.21. The molecule has 1 N–H and O–H groups in total. The third-order valence-electron chi connectivity index (χ3n) is 3.79. The van der Waals surface area contributed by atoms with Crippen molar-refractivity contribution in [3.63, 3.8) is 0 Å². The monoisotopic (exact) mass is 313 g/mol. The van der Waals surface area contributed by atoms with Crippen molar-refractivity contribution in [2.75, 3.05) is 0 Å². The molecule has 1 atom stereocenters. The van der Waals surface area contributed by atoms with Crippen LogP contribution >= 0.6 is 11.6 Å². The number of nitrogens with zero attached hydrogens (tertiary/aromatic N) is 2. The van der Waals surface area contributed by atoms with Gasteiger partial charge in [-0.05, 0) is 43.5 Å². The molecule has 0 spiro atoms. The fraction of sp³-hybridized carbons (Fsp3) is 0.235. The highest BCUT2D eigenvalue weighted by Crippen LogP contribution is 2.30. The van der Waals surface area contributed by atoms with Crippen molar-refractivity contribution in [3.8, 4) is 0 Å². The van der Waals surface area contributed by atoms with Gasteiger partial charge in [0.15, 0.2) is 0 Å². The van der Waals surface area contributed by atoms with Gasteiger partial charge in [-0.15, -0.1) is 0 Å². The Bertz CT molecular complexity index is 700. The summed E-state index contributed by atoms with van der Waals surface area (Å²) in [7, 11) is 0. The molecule has 0 aliphatic heterocycles. The summed E-state index contributed by atoms with van der Waals surface area (Å²) in [6.45, 7) is 0. The van der Waals surface area contributed by atoms with Crippen molar-refractivity contribution in [2.24, 2.45) is 5.10 Å². The zero-order valence-electron chi connectivity index (χ0n) is 12.0. The van der Waals surface area contributed by atoms with Gasteiger partial charge in [0.2, 0.25) is 0 Å².